The van der Waals surface area contributed by atoms with Gasteiger partial charge in [0, 0.05) is 24.0 Å². The molecule has 1 fully saturated rings. The molecule has 1 atom stereocenters. The zero-order valence-electron chi connectivity index (χ0n) is 16.4. The highest BCUT2D eigenvalue weighted by atomic mass is 32.1. The highest BCUT2D eigenvalue weighted by Crippen LogP contribution is 2.22. The van der Waals surface area contributed by atoms with Crippen molar-refractivity contribution in [3.63, 3.8) is 0 Å². The summed E-state index contributed by atoms with van der Waals surface area (Å²) in [5.74, 6) is 1.76. The van der Waals surface area contributed by atoms with Gasteiger partial charge in [0.25, 0.3) is 5.91 Å². The predicted molar refractivity (Wildman–Crippen MR) is 111 cm³/mol. The number of benzene rings is 1. The fourth-order valence-corrected chi connectivity index (χ4v) is 3.95. The number of likely N-dealkylation sites (tertiary alicyclic amines) is 1. The van der Waals surface area contributed by atoms with Gasteiger partial charge in [0.1, 0.15) is 5.75 Å². The van der Waals surface area contributed by atoms with E-state index in [-0.39, 0.29) is 5.91 Å². The van der Waals surface area contributed by atoms with Crippen LogP contribution in [0.4, 0.5) is 5.13 Å². The second kappa shape index (κ2) is 9.33. The van der Waals surface area contributed by atoms with E-state index in [2.05, 4.69) is 36.0 Å². The first-order chi connectivity index (χ1) is 13.0. The molecule has 6 heteroatoms. The second-order valence-electron chi connectivity index (χ2n) is 7.81. The molecule has 146 valence electrons. The summed E-state index contributed by atoms with van der Waals surface area (Å²) in [4.78, 5) is 19.6. The van der Waals surface area contributed by atoms with Gasteiger partial charge in [-0.3, -0.25) is 15.0 Å². The van der Waals surface area contributed by atoms with E-state index in [1.54, 1.807) is 12.1 Å². The van der Waals surface area contributed by atoms with Crippen molar-refractivity contribution in [2.24, 2.45) is 11.8 Å². The third kappa shape index (κ3) is 6.04. The summed E-state index contributed by atoms with van der Waals surface area (Å²) in [6, 6.07) is 7.29. The van der Waals surface area contributed by atoms with Crippen molar-refractivity contribution >= 4 is 22.4 Å². The van der Waals surface area contributed by atoms with Crippen LogP contribution < -0.4 is 10.1 Å². The van der Waals surface area contributed by atoms with Gasteiger partial charge in [-0.1, -0.05) is 26.8 Å². The number of carbonyl (C=O) groups is 1. The number of carbonyl (C=O) groups excluding carboxylic acids is 1. The molecule has 5 nitrogen and oxygen atoms in total. The maximum absolute atomic E-state index is 12.5. The maximum atomic E-state index is 12.5. The number of anilines is 1. The summed E-state index contributed by atoms with van der Waals surface area (Å²) < 4.78 is 5.71. The lowest BCUT2D eigenvalue weighted by Crippen LogP contribution is -2.33. The van der Waals surface area contributed by atoms with Crippen molar-refractivity contribution in [3.8, 4) is 5.75 Å². The summed E-state index contributed by atoms with van der Waals surface area (Å²) in [7, 11) is 0. The summed E-state index contributed by atoms with van der Waals surface area (Å²) in [5.41, 5.74) is 1.61. The molecule has 0 spiro atoms. The minimum Gasteiger partial charge on any atom is -0.493 e. The van der Waals surface area contributed by atoms with Gasteiger partial charge < -0.3 is 4.74 Å². The number of nitrogens with one attached hydrogen (secondary N) is 1. The molecule has 1 unspecified atom stereocenters. The van der Waals surface area contributed by atoms with Gasteiger partial charge in [0.15, 0.2) is 5.13 Å². The van der Waals surface area contributed by atoms with Crippen molar-refractivity contribution in [1.29, 1.82) is 0 Å². The molecule has 27 heavy (non-hydrogen) atoms. The van der Waals surface area contributed by atoms with E-state index < -0.39 is 0 Å². The van der Waals surface area contributed by atoms with Gasteiger partial charge in [-0.15, -0.1) is 11.3 Å². The van der Waals surface area contributed by atoms with E-state index in [0.29, 0.717) is 23.2 Å². The molecule has 1 saturated heterocycles. The minimum atomic E-state index is -0.155. The molecular formula is C21H29N3O2S. The quantitative estimate of drug-likeness (QED) is 0.751. The molecule has 0 saturated carbocycles. The van der Waals surface area contributed by atoms with Crippen LogP contribution in [0, 0.1) is 11.8 Å². The molecule has 0 bridgehead atoms. The molecule has 1 amide bonds. The van der Waals surface area contributed by atoms with Crippen molar-refractivity contribution in [2.45, 2.75) is 40.2 Å². The SMILES string of the molecule is CC(C)COc1cccc(C(=O)Nc2nc(CN3CCCC(C)C3)cs2)c1. The maximum Gasteiger partial charge on any atom is 0.257 e. The Morgan fingerprint density at radius 3 is 3.07 bits per heavy atom. The highest BCUT2D eigenvalue weighted by Gasteiger charge is 2.18. The minimum absolute atomic E-state index is 0.155. The Kier molecular flexibility index (Phi) is 6.85. The first kappa shape index (κ1) is 19.8. The Labute approximate surface area is 165 Å². The molecule has 1 N–H and O–H groups in total. The van der Waals surface area contributed by atoms with Crippen LogP contribution in [0.1, 0.15) is 49.7 Å². The number of thiazole rings is 1. The number of amides is 1. The molecule has 2 aromatic rings. The smallest absolute Gasteiger partial charge is 0.257 e. The Morgan fingerprint density at radius 1 is 1.44 bits per heavy atom. The van der Waals surface area contributed by atoms with Crippen molar-refractivity contribution in [2.75, 3.05) is 25.0 Å². The number of rotatable bonds is 7. The average molecular weight is 388 g/mol. The van der Waals surface area contributed by atoms with Crippen LogP contribution in [0.5, 0.6) is 5.75 Å². The van der Waals surface area contributed by atoms with Crippen LogP contribution in [0.25, 0.3) is 0 Å². The third-order valence-electron chi connectivity index (χ3n) is 4.58. The van der Waals surface area contributed by atoms with Gasteiger partial charge in [-0.25, -0.2) is 4.98 Å². The van der Waals surface area contributed by atoms with E-state index >= 15 is 0 Å². The summed E-state index contributed by atoms with van der Waals surface area (Å²) in [6.45, 7) is 10.3. The normalized spacial score (nSPS) is 17.9. The van der Waals surface area contributed by atoms with Gasteiger partial charge in [0.05, 0.1) is 12.3 Å². The van der Waals surface area contributed by atoms with E-state index in [0.717, 1.165) is 37.0 Å². The van der Waals surface area contributed by atoms with Crippen molar-refractivity contribution in [3.05, 3.63) is 40.9 Å². The van der Waals surface area contributed by atoms with E-state index in [1.807, 2.05) is 17.5 Å². The number of aromatic nitrogens is 1. The molecule has 2 heterocycles. The Bertz CT molecular complexity index is 759. The van der Waals surface area contributed by atoms with Gasteiger partial charge in [-0.05, 0) is 49.4 Å². The molecule has 1 aliphatic rings. The Balaban J connectivity index is 1.56. The first-order valence-corrected chi connectivity index (χ1v) is 10.6. The standard InChI is InChI=1S/C21H29N3O2S/c1-15(2)13-26-19-8-4-7-17(10-19)20(25)23-21-22-18(14-27-21)12-24-9-5-6-16(3)11-24/h4,7-8,10,14-16H,5-6,9,11-13H2,1-3H3,(H,22,23,25). The molecule has 3 rings (SSSR count). The highest BCUT2D eigenvalue weighted by molar-refractivity contribution is 7.13. The van der Waals surface area contributed by atoms with Crippen molar-refractivity contribution < 1.29 is 9.53 Å². The lowest BCUT2D eigenvalue weighted by atomic mass is 10.0. The Hall–Kier alpha value is -1.92. The largest absolute Gasteiger partial charge is 0.493 e. The fraction of sp³-hybridized carbons (Fsp3) is 0.524. The fourth-order valence-electron chi connectivity index (χ4n) is 3.26. The van der Waals surface area contributed by atoms with Crippen LogP contribution in [-0.4, -0.2) is 35.5 Å². The molecule has 0 aliphatic carbocycles. The lowest BCUT2D eigenvalue weighted by molar-refractivity contribution is 0.102. The summed E-state index contributed by atoms with van der Waals surface area (Å²) in [5, 5.41) is 5.60. The van der Waals surface area contributed by atoms with Gasteiger partial charge in [0.2, 0.25) is 0 Å². The molecule has 1 aromatic heterocycles. The summed E-state index contributed by atoms with van der Waals surface area (Å²) in [6.07, 6.45) is 2.57. The lowest BCUT2D eigenvalue weighted by Gasteiger charge is -2.30. The van der Waals surface area contributed by atoms with Crippen LogP contribution in [0.15, 0.2) is 29.6 Å². The predicted octanol–water partition coefficient (Wildman–Crippen LogP) is 4.66. The third-order valence-corrected chi connectivity index (χ3v) is 5.39. The van der Waals surface area contributed by atoms with Crippen LogP contribution in [0.2, 0.25) is 0 Å². The number of nitrogens with zero attached hydrogens (tertiary/aromatic N) is 2. The topological polar surface area (TPSA) is 54.5 Å². The molecule has 1 aliphatic heterocycles. The Morgan fingerprint density at radius 2 is 2.30 bits per heavy atom. The van der Waals surface area contributed by atoms with Gasteiger partial charge >= 0.3 is 0 Å². The van der Waals surface area contributed by atoms with Crippen LogP contribution in [0.3, 0.4) is 0 Å². The number of ether oxygens (including phenoxy) is 1. The van der Waals surface area contributed by atoms with E-state index in [4.69, 9.17) is 4.74 Å². The monoisotopic (exact) mass is 387 g/mol. The average Bonchev–Trinajstić information content (AvgIpc) is 3.07. The zero-order valence-corrected chi connectivity index (χ0v) is 17.2. The molecule has 0 radical (unpaired) electrons. The van der Waals surface area contributed by atoms with Gasteiger partial charge in [-0.2, -0.15) is 0 Å². The number of piperidine rings is 1. The zero-order chi connectivity index (χ0) is 19.2. The van der Waals surface area contributed by atoms with E-state index in [9.17, 15) is 4.79 Å². The summed E-state index contributed by atoms with van der Waals surface area (Å²) >= 11 is 1.48. The van der Waals surface area contributed by atoms with E-state index in [1.165, 1.54) is 24.2 Å². The van der Waals surface area contributed by atoms with Crippen LogP contribution >= 0.6 is 11.3 Å². The van der Waals surface area contributed by atoms with Crippen molar-refractivity contribution in [1.82, 2.24) is 9.88 Å². The number of hydrogen-bond donors (Lipinski definition) is 1. The van der Waals surface area contributed by atoms with Crippen LogP contribution in [-0.2, 0) is 6.54 Å². The first-order valence-electron chi connectivity index (χ1n) is 9.70. The molecule has 1 aromatic carbocycles. The number of hydrogen-bond acceptors (Lipinski definition) is 5. The second-order valence-corrected chi connectivity index (χ2v) is 8.67. The molecular weight excluding hydrogens is 358 g/mol.